The number of nitrogens with zero attached hydrogens (tertiary/aromatic N) is 1. The molecule has 1 aromatic rings. The third-order valence-corrected chi connectivity index (χ3v) is 4.28. The lowest BCUT2D eigenvalue weighted by atomic mass is 10.0. The number of hydrogen-bond acceptors (Lipinski definition) is 3. The quantitative estimate of drug-likeness (QED) is 0.865. The van der Waals surface area contributed by atoms with Gasteiger partial charge in [-0.2, -0.15) is 11.3 Å². The van der Waals surface area contributed by atoms with Gasteiger partial charge in [0.05, 0.1) is 0 Å². The van der Waals surface area contributed by atoms with Crippen LogP contribution >= 0.6 is 11.3 Å². The molecule has 1 saturated heterocycles. The van der Waals surface area contributed by atoms with Crippen LogP contribution in [0.4, 0.5) is 0 Å². The van der Waals surface area contributed by atoms with Gasteiger partial charge in [-0.25, -0.2) is 0 Å². The summed E-state index contributed by atoms with van der Waals surface area (Å²) in [5, 5.41) is 8.04. The molecule has 0 spiro atoms. The molecule has 2 heterocycles. The Morgan fingerprint density at radius 2 is 2.35 bits per heavy atom. The first-order chi connectivity index (χ1) is 8.42. The Bertz CT molecular complexity index is 289. The maximum atomic E-state index is 3.49. The van der Waals surface area contributed by atoms with E-state index in [1.807, 2.05) is 11.3 Å². The summed E-state index contributed by atoms with van der Waals surface area (Å²) in [4.78, 5) is 2.68. The molecule has 2 nitrogen and oxygen atoms in total. The van der Waals surface area contributed by atoms with Crippen LogP contribution < -0.4 is 5.32 Å². The molecule has 1 N–H and O–H groups in total. The standard InChI is InChI=1S/C14H24N2S/c1-2-3-5-14(13-6-11-17-12-13)16-9-4-7-15-8-10-16/h6,11-12,14-15H,2-5,7-10H2,1H3. The Labute approximate surface area is 109 Å². The van der Waals surface area contributed by atoms with Gasteiger partial charge in [0.15, 0.2) is 0 Å². The van der Waals surface area contributed by atoms with Gasteiger partial charge >= 0.3 is 0 Å². The van der Waals surface area contributed by atoms with Gasteiger partial charge in [-0.1, -0.05) is 19.8 Å². The van der Waals surface area contributed by atoms with Crippen molar-refractivity contribution in [3.63, 3.8) is 0 Å². The summed E-state index contributed by atoms with van der Waals surface area (Å²) in [6.07, 6.45) is 5.23. The molecule has 1 fully saturated rings. The molecule has 0 amide bonds. The van der Waals surface area contributed by atoms with Crippen molar-refractivity contribution in [2.45, 2.75) is 38.6 Å². The van der Waals surface area contributed by atoms with Gasteiger partial charge in [0.2, 0.25) is 0 Å². The summed E-state index contributed by atoms with van der Waals surface area (Å²) in [5.74, 6) is 0. The lowest BCUT2D eigenvalue weighted by Crippen LogP contribution is -2.32. The first-order valence-electron chi connectivity index (χ1n) is 6.88. The fraction of sp³-hybridized carbons (Fsp3) is 0.714. The molecule has 0 aromatic carbocycles. The van der Waals surface area contributed by atoms with Crippen LogP contribution in [0, 0.1) is 0 Å². The van der Waals surface area contributed by atoms with E-state index in [1.165, 1.54) is 50.9 Å². The molecule has 1 aliphatic rings. The highest BCUT2D eigenvalue weighted by Crippen LogP contribution is 2.28. The van der Waals surface area contributed by atoms with E-state index in [0.717, 1.165) is 6.54 Å². The van der Waals surface area contributed by atoms with Crippen molar-refractivity contribution in [3.8, 4) is 0 Å². The Morgan fingerprint density at radius 1 is 1.41 bits per heavy atom. The number of unbranched alkanes of at least 4 members (excludes halogenated alkanes) is 1. The van der Waals surface area contributed by atoms with E-state index in [2.05, 4.69) is 34.0 Å². The van der Waals surface area contributed by atoms with Gasteiger partial charge < -0.3 is 5.32 Å². The summed E-state index contributed by atoms with van der Waals surface area (Å²) in [5.41, 5.74) is 1.53. The molecular formula is C14H24N2S. The first kappa shape index (κ1) is 13.1. The van der Waals surface area contributed by atoms with Gasteiger partial charge in [0, 0.05) is 25.7 Å². The second-order valence-corrected chi connectivity index (χ2v) is 5.63. The van der Waals surface area contributed by atoms with Crippen molar-refractivity contribution in [1.29, 1.82) is 0 Å². The summed E-state index contributed by atoms with van der Waals surface area (Å²) in [7, 11) is 0. The molecule has 0 saturated carbocycles. The lowest BCUT2D eigenvalue weighted by Gasteiger charge is -2.30. The lowest BCUT2D eigenvalue weighted by molar-refractivity contribution is 0.197. The van der Waals surface area contributed by atoms with Crippen molar-refractivity contribution in [2.75, 3.05) is 26.2 Å². The van der Waals surface area contributed by atoms with Crippen molar-refractivity contribution in [2.24, 2.45) is 0 Å². The van der Waals surface area contributed by atoms with E-state index in [-0.39, 0.29) is 0 Å². The Morgan fingerprint density at radius 3 is 3.12 bits per heavy atom. The van der Waals surface area contributed by atoms with Gasteiger partial charge in [-0.15, -0.1) is 0 Å². The zero-order valence-corrected chi connectivity index (χ0v) is 11.6. The maximum absolute atomic E-state index is 3.49. The van der Waals surface area contributed by atoms with Gasteiger partial charge in [0.25, 0.3) is 0 Å². The molecule has 0 aliphatic carbocycles. The number of rotatable bonds is 5. The molecular weight excluding hydrogens is 228 g/mol. The molecule has 2 rings (SSSR count). The van der Waals surface area contributed by atoms with Crippen LogP contribution in [0.2, 0.25) is 0 Å². The predicted octanol–water partition coefficient (Wildman–Crippen LogP) is 3.27. The second kappa shape index (κ2) is 7.14. The molecule has 1 aromatic heterocycles. The van der Waals surface area contributed by atoms with E-state index in [1.54, 1.807) is 0 Å². The molecule has 96 valence electrons. The number of thiophene rings is 1. The van der Waals surface area contributed by atoms with E-state index >= 15 is 0 Å². The average Bonchev–Trinajstić information content (AvgIpc) is 2.73. The van der Waals surface area contributed by atoms with E-state index in [0.29, 0.717) is 6.04 Å². The molecule has 1 unspecified atom stereocenters. The van der Waals surface area contributed by atoms with Crippen LogP contribution in [0.15, 0.2) is 16.8 Å². The van der Waals surface area contributed by atoms with Gasteiger partial charge in [0.1, 0.15) is 0 Å². The zero-order valence-electron chi connectivity index (χ0n) is 10.8. The molecule has 0 radical (unpaired) electrons. The van der Waals surface area contributed by atoms with E-state index in [4.69, 9.17) is 0 Å². The summed E-state index contributed by atoms with van der Waals surface area (Å²) in [6.45, 7) is 7.06. The van der Waals surface area contributed by atoms with Crippen LogP contribution in [0.5, 0.6) is 0 Å². The zero-order chi connectivity index (χ0) is 11.9. The number of nitrogens with one attached hydrogen (secondary N) is 1. The molecule has 1 aliphatic heterocycles. The highest BCUT2D eigenvalue weighted by molar-refractivity contribution is 7.07. The van der Waals surface area contributed by atoms with Gasteiger partial charge in [-0.05, 0) is 41.8 Å². The Balaban J connectivity index is 2.02. The normalized spacial score (nSPS) is 20.1. The minimum Gasteiger partial charge on any atom is -0.315 e. The third-order valence-electron chi connectivity index (χ3n) is 3.57. The Hall–Kier alpha value is -0.380. The predicted molar refractivity (Wildman–Crippen MR) is 75.6 cm³/mol. The largest absolute Gasteiger partial charge is 0.315 e. The average molecular weight is 252 g/mol. The summed E-state index contributed by atoms with van der Waals surface area (Å²) < 4.78 is 0. The summed E-state index contributed by atoms with van der Waals surface area (Å²) in [6, 6.07) is 2.96. The third kappa shape index (κ3) is 3.80. The van der Waals surface area contributed by atoms with Crippen LogP contribution in [-0.2, 0) is 0 Å². The molecule has 0 bridgehead atoms. The highest BCUT2D eigenvalue weighted by Gasteiger charge is 2.20. The Kier molecular flexibility index (Phi) is 5.49. The van der Waals surface area contributed by atoms with Crippen molar-refractivity contribution in [3.05, 3.63) is 22.4 Å². The van der Waals surface area contributed by atoms with Crippen LogP contribution in [0.1, 0.15) is 44.2 Å². The monoisotopic (exact) mass is 252 g/mol. The molecule has 17 heavy (non-hydrogen) atoms. The minimum atomic E-state index is 0.654. The topological polar surface area (TPSA) is 15.3 Å². The fourth-order valence-electron chi connectivity index (χ4n) is 2.60. The van der Waals surface area contributed by atoms with Crippen molar-refractivity contribution in [1.82, 2.24) is 10.2 Å². The smallest absolute Gasteiger partial charge is 0.0356 e. The summed E-state index contributed by atoms with van der Waals surface area (Å²) >= 11 is 1.83. The van der Waals surface area contributed by atoms with Crippen LogP contribution in [0.3, 0.4) is 0 Å². The minimum absolute atomic E-state index is 0.654. The second-order valence-electron chi connectivity index (χ2n) is 4.85. The fourth-order valence-corrected chi connectivity index (χ4v) is 3.31. The van der Waals surface area contributed by atoms with Crippen LogP contribution in [0.25, 0.3) is 0 Å². The number of hydrogen-bond donors (Lipinski definition) is 1. The molecule has 1 atom stereocenters. The van der Waals surface area contributed by atoms with E-state index in [9.17, 15) is 0 Å². The van der Waals surface area contributed by atoms with E-state index < -0.39 is 0 Å². The molecule has 3 heteroatoms. The first-order valence-corrected chi connectivity index (χ1v) is 7.83. The van der Waals surface area contributed by atoms with Crippen molar-refractivity contribution < 1.29 is 0 Å². The van der Waals surface area contributed by atoms with Crippen molar-refractivity contribution >= 4 is 11.3 Å². The highest BCUT2D eigenvalue weighted by atomic mass is 32.1. The van der Waals surface area contributed by atoms with Gasteiger partial charge in [-0.3, -0.25) is 4.90 Å². The maximum Gasteiger partial charge on any atom is 0.0356 e. The SMILES string of the molecule is CCCCC(c1ccsc1)N1CCCNCC1. The van der Waals surface area contributed by atoms with Crippen LogP contribution in [-0.4, -0.2) is 31.1 Å².